The predicted octanol–water partition coefficient (Wildman–Crippen LogP) is 8.32. The van der Waals surface area contributed by atoms with Crippen molar-refractivity contribution in [2.75, 3.05) is 53.8 Å². The summed E-state index contributed by atoms with van der Waals surface area (Å²) in [4.78, 5) is 127. The smallest absolute Gasteiger partial charge is 0.295 e. The summed E-state index contributed by atoms with van der Waals surface area (Å²) in [6.07, 6.45) is 4.67. The minimum absolute atomic E-state index is 0.00685. The molecule has 1 fully saturated rings. The standard InChI is InChI=1S/C68H96N8O14S/c1-15-43(6)64(74(12)68(85)52(41(2)3)39-55(78)63(42(4)5)73(10)11)56(89-13)40-61(82)75-36-22-25-53(75)65(90-14)45(8)54(77)37-44(7)62(48-23-18-16-19-24-48)70-66(83)49-29-27-47(28-30-49)46(9)71-72-67(84)51-32-31-50(38-57(51)91(86,87)88)69-58(79)26-20-17-21-35-76-59(80)33-34-60(76)81/h16,18-19,23-24,27-34,38,41-45,52-53,56,62-65H,15,17,20-22,25-26,35-37,39-40H2,1-14H3,(H,69,79)(H,70,83)(H,72,84)(H,86,87,88)/t43-,44-,45-,52-,53-,56+,62+,63-,64-,65+/m0/s1. The number of likely N-dealkylation sites (tertiary alicyclic amines) is 1. The summed E-state index contributed by atoms with van der Waals surface area (Å²) in [6.45, 7) is 17.9. The molecule has 5 rings (SSSR count). The third-order valence-corrected chi connectivity index (χ3v) is 18.7. The maximum absolute atomic E-state index is 14.6. The SMILES string of the molecule is CC[C@H](C)[C@@H]([C@@H](CC(=O)N1CCC[C@H]1[C@H](OC)[C@@H](C)C(=O)C[C@H](C)[C@@H](NC(=O)c1ccc(C(C)=NNC(=O)c2ccc(NC(=O)CCCCCN3C(=O)C=CC3=O)cc2S(=O)(=O)O)cc1)c1ccccc1)OC)N(C)C(=O)[C@@H](CC(=O)[C@H](C(C)C)N(C)C)C(C)C. The van der Waals surface area contributed by atoms with Gasteiger partial charge >= 0.3 is 0 Å². The Bertz CT molecular complexity index is 3200. The molecule has 22 nitrogen and oxygen atoms in total. The van der Waals surface area contributed by atoms with Crippen molar-refractivity contribution in [1.29, 1.82) is 0 Å². The lowest BCUT2D eigenvalue weighted by Gasteiger charge is -2.41. The fraction of sp³-hybridized carbons (Fsp3) is 0.559. The highest BCUT2D eigenvalue weighted by Crippen LogP contribution is 2.34. The van der Waals surface area contributed by atoms with Gasteiger partial charge in [0, 0.05) is 88.9 Å². The normalized spacial score (nSPS) is 17.5. The molecule has 2 heterocycles. The van der Waals surface area contributed by atoms with E-state index in [4.69, 9.17) is 9.47 Å². The van der Waals surface area contributed by atoms with Crippen LogP contribution in [0.3, 0.4) is 0 Å². The average Bonchev–Trinajstić information content (AvgIpc) is 2.53. The van der Waals surface area contributed by atoms with Crippen molar-refractivity contribution < 1.29 is 65.6 Å². The van der Waals surface area contributed by atoms with Gasteiger partial charge in [0.2, 0.25) is 17.7 Å². The number of ether oxygens (including phenoxy) is 2. The number of likely N-dealkylation sites (N-methyl/N-ethyl adjacent to an activating group) is 2. The van der Waals surface area contributed by atoms with E-state index >= 15 is 0 Å². The molecular weight excluding hydrogens is 1180 g/mol. The van der Waals surface area contributed by atoms with Gasteiger partial charge in [0.15, 0.2) is 5.78 Å². The molecule has 0 spiro atoms. The Balaban J connectivity index is 1.22. The number of carbonyl (C=O) groups excluding carboxylic acids is 9. The lowest BCUT2D eigenvalue weighted by molar-refractivity contribution is -0.149. The largest absolute Gasteiger partial charge is 0.379 e. The van der Waals surface area contributed by atoms with E-state index in [1.807, 2.05) is 105 Å². The van der Waals surface area contributed by atoms with Crippen LogP contribution in [-0.4, -0.2) is 170 Å². The van der Waals surface area contributed by atoms with E-state index in [2.05, 4.69) is 21.2 Å². The van der Waals surface area contributed by atoms with Gasteiger partial charge in [-0.25, -0.2) is 5.43 Å². The fourth-order valence-electron chi connectivity index (χ4n) is 12.6. The quantitative estimate of drug-likeness (QED) is 0.0142. The van der Waals surface area contributed by atoms with E-state index in [-0.39, 0.29) is 108 Å². The number of nitrogens with zero attached hydrogens (tertiary/aromatic N) is 5. The molecule has 2 aliphatic rings. The van der Waals surface area contributed by atoms with Crippen LogP contribution in [0.4, 0.5) is 5.69 Å². The van der Waals surface area contributed by atoms with Crippen LogP contribution in [0.15, 0.2) is 94.9 Å². The van der Waals surface area contributed by atoms with E-state index in [9.17, 15) is 56.1 Å². The third kappa shape index (κ3) is 20.1. The molecule has 0 aliphatic carbocycles. The van der Waals surface area contributed by atoms with Crippen molar-refractivity contribution in [3.05, 3.63) is 107 Å². The Morgan fingerprint density at radius 3 is 1.97 bits per heavy atom. The molecule has 1 saturated heterocycles. The number of rotatable bonds is 35. The first kappa shape index (κ1) is 74.4. The highest BCUT2D eigenvalue weighted by Gasteiger charge is 2.44. The number of imide groups is 1. The van der Waals surface area contributed by atoms with Crippen LogP contribution in [0.1, 0.15) is 164 Å². The van der Waals surface area contributed by atoms with Gasteiger partial charge in [-0.05, 0) is 112 Å². The van der Waals surface area contributed by atoms with Gasteiger partial charge < -0.3 is 29.9 Å². The van der Waals surface area contributed by atoms with E-state index in [1.54, 1.807) is 62.3 Å². The van der Waals surface area contributed by atoms with Gasteiger partial charge in [0.1, 0.15) is 10.7 Å². The number of ketones is 2. The van der Waals surface area contributed by atoms with E-state index in [1.165, 1.54) is 18.2 Å². The molecule has 0 aromatic heterocycles. The molecule has 3 aromatic carbocycles. The zero-order valence-corrected chi connectivity index (χ0v) is 56.2. The molecule has 7 amide bonds. The van der Waals surface area contributed by atoms with Crippen molar-refractivity contribution in [1.82, 2.24) is 30.3 Å². The Morgan fingerprint density at radius 1 is 0.758 bits per heavy atom. The lowest BCUT2D eigenvalue weighted by atomic mass is 9.83. The van der Waals surface area contributed by atoms with Gasteiger partial charge in [0.05, 0.1) is 54.1 Å². The summed E-state index contributed by atoms with van der Waals surface area (Å²) in [5.74, 6) is -4.85. The third-order valence-electron chi connectivity index (χ3n) is 17.8. The molecule has 0 bridgehead atoms. The summed E-state index contributed by atoms with van der Waals surface area (Å²) in [5.41, 5.74) is 3.70. The first-order chi connectivity index (χ1) is 42.9. The highest BCUT2D eigenvalue weighted by molar-refractivity contribution is 7.86. The molecule has 91 heavy (non-hydrogen) atoms. The molecule has 3 aromatic rings. The summed E-state index contributed by atoms with van der Waals surface area (Å²) in [6, 6.07) is 17.2. The zero-order chi connectivity index (χ0) is 67.6. The average molecular weight is 1280 g/mol. The number of hydrogen-bond acceptors (Lipinski definition) is 15. The molecule has 498 valence electrons. The number of carbonyl (C=O) groups is 9. The Morgan fingerprint density at radius 2 is 1.40 bits per heavy atom. The maximum Gasteiger partial charge on any atom is 0.295 e. The molecular formula is C68H96N8O14S. The second-order valence-electron chi connectivity index (χ2n) is 25.2. The molecule has 0 saturated carbocycles. The topological polar surface area (TPSA) is 288 Å². The van der Waals surface area contributed by atoms with E-state index < -0.39 is 86.4 Å². The molecule has 4 N–H and O–H groups in total. The molecule has 0 unspecified atom stereocenters. The van der Waals surface area contributed by atoms with Crippen LogP contribution in [-0.2, 0) is 53.2 Å². The van der Waals surface area contributed by atoms with Crippen molar-refractivity contribution in [2.45, 2.75) is 168 Å². The van der Waals surface area contributed by atoms with E-state index in [0.717, 1.165) is 22.6 Å². The number of anilines is 1. The van der Waals surface area contributed by atoms with Gasteiger partial charge in [0.25, 0.3) is 33.7 Å². The molecule has 10 atom stereocenters. The van der Waals surface area contributed by atoms with Gasteiger partial charge in [-0.1, -0.05) is 111 Å². The highest BCUT2D eigenvalue weighted by atomic mass is 32.2. The van der Waals surface area contributed by atoms with Crippen molar-refractivity contribution >= 4 is 74.4 Å². The monoisotopic (exact) mass is 1280 g/mol. The van der Waals surface area contributed by atoms with Crippen LogP contribution < -0.4 is 16.1 Å². The van der Waals surface area contributed by atoms with Gasteiger partial charge in [-0.2, -0.15) is 13.5 Å². The van der Waals surface area contributed by atoms with Crippen LogP contribution in [0.5, 0.6) is 0 Å². The lowest BCUT2D eigenvalue weighted by Crippen LogP contribution is -2.54. The number of nitrogens with one attached hydrogen (secondary N) is 3. The van der Waals surface area contributed by atoms with Crippen LogP contribution >= 0.6 is 0 Å². The van der Waals surface area contributed by atoms with Crippen LogP contribution in [0.25, 0.3) is 0 Å². The second-order valence-corrected chi connectivity index (χ2v) is 26.6. The number of methoxy groups -OCH3 is 2. The first-order valence-corrected chi connectivity index (χ1v) is 33.0. The number of hydrazone groups is 1. The number of amides is 7. The second kappa shape index (κ2) is 34.4. The minimum Gasteiger partial charge on any atom is -0.379 e. The summed E-state index contributed by atoms with van der Waals surface area (Å²) >= 11 is 0. The van der Waals surface area contributed by atoms with Crippen LogP contribution in [0.2, 0.25) is 0 Å². The Kier molecular flexibility index (Phi) is 28.1. The minimum atomic E-state index is -4.97. The number of hydrogen-bond donors (Lipinski definition) is 4. The number of Topliss-reactive ketones (excluding diaryl/α,β-unsaturated/α-hetero) is 2. The predicted molar refractivity (Wildman–Crippen MR) is 347 cm³/mol. The first-order valence-electron chi connectivity index (χ1n) is 31.5. The molecule has 23 heteroatoms. The Hall–Kier alpha value is -7.31. The maximum atomic E-state index is 14.6. The van der Waals surface area contributed by atoms with Gasteiger partial charge in [-0.15, -0.1) is 0 Å². The summed E-state index contributed by atoms with van der Waals surface area (Å²) < 4.78 is 47.2. The Labute approximate surface area is 537 Å². The molecule has 0 radical (unpaired) electrons. The van der Waals surface area contributed by atoms with Crippen molar-refractivity contribution in [2.24, 2.45) is 40.6 Å². The fourth-order valence-corrected chi connectivity index (χ4v) is 13.3. The van der Waals surface area contributed by atoms with E-state index in [0.29, 0.717) is 50.6 Å². The summed E-state index contributed by atoms with van der Waals surface area (Å²) in [7, 11) is 3.63. The van der Waals surface area contributed by atoms with Gasteiger partial charge in [-0.3, -0.25) is 57.5 Å². The van der Waals surface area contributed by atoms with Crippen molar-refractivity contribution in [3.8, 4) is 0 Å². The number of unbranched alkanes of at least 4 members (excludes halogenated alkanes) is 2. The molecule has 2 aliphatic heterocycles. The number of benzene rings is 3. The van der Waals surface area contributed by atoms with Crippen molar-refractivity contribution in [3.63, 3.8) is 0 Å². The summed E-state index contributed by atoms with van der Waals surface area (Å²) in [5, 5.41) is 9.83. The van der Waals surface area contributed by atoms with Crippen LogP contribution in [0, 0.1) is 35.5 Å². The zero-order valence-electron chi connectivity index (χ0n) is 55.4.